The Morgan fingerprint density at radius 3 is 2.06 bits per heavy atom. The molecule has 0 radical (unpaired) electrons. The lowest BCUT2D eigenvalue weighted by molar-refractivity contribution is -0.380. The summed E-state index contributed by atoms with van der Waals surface area (Å²) in [6.07, 6.45) is -8.22. The maximum Gasteiger partial charge on any atom is 0.190 e. The highest BCUT2D eigenvalue weighted by Crippen LogP contribution is 2.36. The van der Waals surface area contributed by atoms with Crippen molar-refractivity contribution >= 4 is 0 Å². The van der Waals surface area contributed by atoms with Gasteiger partial charge in [-0.25, -0.2) is 0 Å². The Kier molecular flexibility index (Phi) is 12.5. The summed E-state index contributed by atoms with van der Waals surface area (Å²) in [4.78, 5) is 0. The zero-order valence-corrected chi connectivity index (χ0v) is 19.7. The predicted molar refractivity (Wildman–Crippen MR) is 116 cm³/mol. The van der Waals surface area contributed by atoms with Crippen LogP contribution in [0.1, 0.15) is 51.9 Å². The van der Waals surface area contributed by atoms with Gasteiger partial charge in [0.15, 0.2) is 12.6 Å². The Morgan fingerprint density at radius 2 is 1.41 bits per heavy atom. The molecule has 0 aromatic heterocycles. The van der Waals surface area contributed by atoms with E-state index in [2.05, 4.69) is 6.92 Å². The van der Waals surface area contributed by atoms with Crippen LogP contribution in [0.4, 0.5) is 0 Å². The summed E-state index contributed by atoms with van der Waals surface area (Å²) in [6, 6.07) is 0. The molecule has 8 N–H and O–H groups in total. The first kappa shape index (κ1) is 29.7. The molecule has 2 fully saturated rings. The molecule has 0 aromatic carbocycles. The van der Waals surface area contributed by atoms with Gasteiger partial charge in [-0.1, -0.05) is 39.0 Å². The van der Waals surface area contributed by atoms with Crippen molar-refractivity contribution in [3.8, 4) is 0 Å². The van der Waals surface area contributed by atoms with Crippen LogP contribution in [0.3, 0.4) is 0 Å². The SMILES string of the molecule is CCCCCCCCOCC[C@]1(O)[C@H](O[C@H]2[C@H](O)[C@@H](O)[C@H](O)O[C@@H]2CO)O[C@H](CO)[C@H](O)[C@@H]1O. The first-order valence-corrected chi connectivity index (χ1v) is 12.1. The normalized spacial score (nSPS) is 41.0. The van der Waals surface area contributed by atoms with E-state index in [0.29, 0.717) is 6.61 Å². The molecule has 2 saturated heterocycles. The van der Waals surface area contributed by atoms with E-state index < -0.39 is 74.1 Å². The van der Waals surface area contributed by atoms with Crippen LogP contribution in [0, 0.1) is 0 Å². The van der Waals surface area contributed by atoms with Crippen molar-refractivity contribution in [2.45, 2.75) is 113 Å². The number of aliphatic hydroxyl groups excluding tert-OH is 7. The summed E-state index contributed by atoms with van der Waals surface area (Å²) in [6.45, 7) is 1.18. The molecular formula is C22H42O12. The van der Waals surface area contributed by atoms with Gasteiger partial charge in [0.2, 0.25) is 0 Å². The van der Waals surface area contributed by atoms with E-state index >= 15 is 0 Å². The second kappa shape index (κ2) is 14.3. The molecule has 34 heavy (non-hydrogen) atoms. The Balaban J connectivity index is 2.03. The fourth-order valence-electron chi connectivity index (χ4n) is 4.26. The fourth-order valence-corrected chi connectivity index (χ4v) is 4.26. The number of aliphatic hydroxyl groups is 8. The quantitative estimate of drug-likeness (QED) is 0.120. The molecule has 0 unspecified atom stereocenters. The molecule has 0 saturated carbocycles. The second-order valence-electron chi connectivity index (χ2n) is 9.08. The van der Waals surface area contributed by atoms with Crippen LogP contribution in [0.25, 0.3) is 0 Å². The summed E-state index contributed by atoms with van der Waals surface area (Å²) in [5, 5.41) is 81.2. The summed E-state index contributed by atoms with van der Waals surface area (Å²) in [7, 11) is 0. The van der Waals surface area contributed by atoms with E-state index in [-0.39, 0.29) is 13.0 Å². The highest BCUT2D eigenvalue weighted by Gasteiger charge is 2.57. The van der Waals surface area contributed by atoms with Crippen molar-refractivity contribution in [3.05, 3.63) is 0 Å². The van der Waals surface area contributed by atoms with Gasteiger partial charge in [-0.05, 0) is 6.42 Å². The number of hydrogen-bond donors (Lipinski definition) is 8. The van der Waals surface area contributed by atoms with E-state index in [1.165, 1.54) is 12.8 Å². The highest BCUT2D eigenvalue weighted by molar-refractivity contribution is 5.02. The van der Waals surface area contributed by atoms with Crippen molar-refractivity contribution in [3.63, 3.8) is 0 Å². The Labute approximate surface area is 199 Å². The Morgan fingerprint density at radius 1 is 0.765 bits per heavy atom. The first-order valence-electron chi connectivity index (χ1n) is 12.1. The van der Waals surface area contributed by atoms with Gasteiger partial charge in [-0.15, -0.1) is 0 Å². The minimum absolute atomic E-state index is 0.00323. The van der Waals surface area contributed by atoms with E-state index in [0.717, 1.165) is 25.7 Å². The van der Waals surface area contributed by atoms with Crippen LogP contribution in [-0.4, -0.2) is 128 Å². The minimum Gasteiger partial charge on any atom is -0.394 e. The van der Waals surface area contributed by atoms with E-state index in [1.54, 1.807) is 0 Å². The topological polar surface area (TPSA) is 199 Å². The molecule has 0 aromatic rings. The zero-order chi connectivity index (χ0) is 25.3. The second-order valence-corrected chi connectivity index (χ2v) is 9.08. The van der Waals surface area contributed by atoms with Crippen molar-refractivity contribution in [1.82, 2.24) is 0 Å². The van der Waals surface area contributed by atoms with Gasteiger partial charge < -0.3 is 59.8 Å². The fraction of sp³-hybridized carbons (Fsp3) is 1.00. The third kappa shape index (κ3) is 7.28. The maximum absolute atomic E-state index is 11.3. The van der Waals surface area contributed by atoms with Gasteiger partial charge in [0, 0.05) is 19.6 Å². The Bertz CT molecular complexity index is 566. The molecule has 2 heterocycles. The van der Waals surface area contributed by atoms with Crippen molar-refractivity contribution < 1.29 is 59.8 Å². The molecule has 202 valence electrons. The molecule has 2 aliphatic heterocycles. The highest BCUT2D eigenvalue weighted by atomic mass is 16.7. The minimum atomic E-state index is -2.22. The largest absolute Gasteiger partial charge is 0.394 e. The van der Waals surface area contributed by atoms with E-state index in [4.69, 9.17) is 18.9 Å². The third-order valence-corrected chi connectivity index (χ3v) is 6.51. The maximum atomic E-state index is 11.3. The number of rotatable bonds is 14. The lowest BCUT2D eigenvalue weighted by Crippen LogP contribution is -2.69. The first-order chi connectivity index (χ1) is 16.2. The number of ether oxygens (including phenoxy) is 4. The molecule has 0 aliphatic carbocycles. The van der Waals surface area contributed by atoms with E-state index in [9.17, 15) is 40.9 Å². The number of hydrogen-bond acceptors (Lipinski definition) is 12. The lowest BCUT2D eigenvalue weighted by atomic mass is 9.84. The molecule has 12 nitrogen and oxygen atoms in total. The van der Waals surface area contributed by atoms with Gasteiger partial charge in [-0.2, -0.15) is 0 Å². The summed E-state index contributed by atoms with van der Waals surface area (Å²) in [5.41, 5.74) is -2.22. The summed E-state index contributed by atoms with van der Waals surface area (Å²) < 4.78 is 21.8. The zero-order valence-electron chi connectivity index (χ0n) is 19.7. The van der Waals surface area contributed by atoms with Crippen LogP contribution >= 0.6 is 0 Å². The van der Waals surface area contributed by atoms with Gasteiger partial charge >= 0.3 is 0 Å². The van der Waals surface area contributed by atoms with Gasteiger partial charge in [0.25, 0.3) is 0 Å². The summed E-state index contributed by atoms with van der Waals surface area (Å²) in [5.74, 6) is 0. The van der Waals surface area contributed by atoms with Gasteiger partial charge in [-0.3, -0.25) is 0 Å². The standard InChI is InChI=1S/C22H42O12/c1-2-3-4-5-6-7-9-31-10-8-22(30)19(28)15(25)13(11-23)33-21(22)34-18-14(12-24)32-20(29)17(27)16(18)26/h13-21,23-30H,2-12H2,1H3/t13-,14-,15+,16-,17-,18-,19+,20-,21+,22-/m1/s1. The van der Waals surface area contributed by atoms with Gasteiger partial charge in [0.1, 0.15) is 48.3 Å². The van der Waals surface area contributed by atoms with Crippen LogP contribution in [0.15, 0.2) is 0 Å². The van der Waals surface area contributed by atoms with Gasteiger partial charge in [0.05, 0.1) is 13.2 Å². The molecular weight excluding hydrogens is 456 g/mol. The lowest BCUT2D eigenvalue weighted by Gasteiger charge is -2.50. The smallest absolute Gasteiger partial charge is 0.190 e. The predicted octanol–water partition coefficient (Wildman–Crippen LogP) is -2.26. The molecule has 2 rings (SSSR count). The number of unbranched alkanes of at least 4 members (excludes halogenated alkanes) is 5. The third-order valence-electron chi connectivity index (χ3n) is 6.51. The van der Waals surface area contributed by atoms with Crippen LogP contribution < -0.4 is 0 Å². The summed E-state index contributed by atoms with van der Waals surface area (Å²) >= 11 is 0. The molecule has 10 atom stereocenters. The molecule has 2 aliphatic rings. The van der Waals surface area contributed by atoms with Crippen LogP contribution in [-0.2, 0) is 18.9 Å². The van der Waals surface area contributed by atoms with Crippen molar-refractivity contribution in [2.24, 2.45) is 0 Å². The van der Waals surface area contributed by atoms with Crippen molar-refractivity contribution in [1.29, 1.82) is 0 Å². The molecule has 12 heteroatoms. The average Bonchev–Trinajstić information content (AvgIpc) is 2.83. The Hall–Kier alpha value is -0.480. The molecule has 0 bridgehead atoms. The van der Waals surface area contributed by atoms with Crippen LogP contribution in [0.2, 0.25) is 0 Å². The van der Waals surface area contributed by atoms with Crippen molar-refractivity contribution in [2.75, 3.05) is 26.4 Å². The average molecular weight is 499 g/mol. The monoisotopic (exact) mass is 498 g/mol. The van der Waals surface area contributed by atoms with E-state index in [1.807, 2.05) is 0 Å². The molecule has 0 amide bonds. The molecule has 0 spiro atoms. The van der Waals surface area contributed by atoms with Crippen LogP contribution in [0.5, 0.6) is 0 Å².